The van der Waals surface area contributed by atoms with Gasteiger partial charge in [-0.25, -0.2) is 19.9 Å². The Hall–Kier alpha value is -12.6. The number of rotatable bonds is 10. The molecule has 14 heteroatoms. The van der Waals surface area contributed by atoms with Crippen molar-refractivity contribution in [1.29, 1.82) is 0 Å². The van der Waals surface area contributed by atoms with Crippen LogP contribution in [0.3, 0.4) is 0 Å². The highest BCUT2D eigenvalue weighted by Gasteiger charge is 2.20. The average Bonchev–Trinajstić information content (AvgIpc) is 1.62. The number of nitrogens with zero attached hydrogens (tertiary/aromatic N) is 6. The molecule has 0 spiro atoms. The predicted molar refractivity (Wildman–Crippen MR) is 430 cm³/mol. The molecule has 0 bridgehead atoms. The molecule has 6 aromatic heterocycles. The van der Waals surface area contributed by atoms with Gasteiger partial charge in [0.25, 0.3) is 0 Å². The highest BCUT2D eigenvalue weighted by molar-refractivity contribution is 7.26. The molecule has 104 heavy (non-hydrogen) atoms. The summed E-state index contributed by atoms with van der Waals surface area (Å²) in [6.45, 7) is 0. The molecular weight excluding hydrogens is 1340 g/mol. The van der Waals surface area contributed by atoms with Gasteiger partial charge in [-0.3, -0.25) is 0 Å². The van der Waals surface area contributed by atoms with Gasteiger partial charge in [0, 0.05) is 89.7 Å². The van der Waals surface area contributed by atoms with Crippen molar-refractivity contribution < 1.29 is 18.9 Å². The lowest BCUT2D eigenvalue weighted by molar-refractivity contribution is 0.426. The molecule has 0 aliphatic rings. The van der Waals surface area contributed by atoms with E-state index in [4.69, 9.17) is 35.4 Å². The minimum Gasteiger partial charge on any atom is -0.456 e. The van der Waals surface area contributed by atoms with Gasteiger partial charge in [-0.15, -0.1) is 22.7 Å². The van der Waals surface area contributed by atoms with Crippen LogP contribution in [0.15, 0.2) is 336 Å². The van der Waals surface area contributed by atoms with Gasteiger partial charge in [0.2, 0.25) is 5.28 Å². The number of thiophene rings is 2. The topological polar surface area (TPSA) is 144 Å². The molecule has 2 N–H and O–H groups in total. The highest BCUT2D eigenvalue weighted by atomic mass is 35.5. The highest BCUT2D eigenvalue weighted by Crippen LogP contribution is 2.43. The van der Waals surface area contributed by atoms with E-state index in [0.717, 1.165) is 99.5 Å². The van der Waals surface area contributed by atoms with Gasteiger partial charge in [0.1, 0.15) is 22.3 Å². The summed E-state index contributed by atoms with van der Waals surface area (Å²) in [5, 5.41) is 28.3. The summed E-state index contributed by atoms with van der Waals surface area (Å²) in [5.41, 5.74) is 17.3. The summed E-state index contributed by atoms with van der Waals surface area (Å²) in [6, 6.07) is 111. The van der Waals surface area contributed by atoms with Crippen LogP contribution in [-0.4, -0.2) is 47.1 Å². The SMILES string of the molecule is Clc1nc(-c2ccccc2)nc(-c2ccc3c(c2)oc2ccc(-c4ccccc4)cc23)n1.OB(O)c1cccc(-c2cccc3c2sc2ccccc23)c1.c1ccc(-c2ccc3oc4cc(-c5nc(-c6ccccc6)nc(-c6cccc(-c7cccc8c7sc7ccccc78)c6)n5)ccc4c3c2)cc1. The third kappa shape index (κ3) is 12.4. The van der Waals surface area contributed by atoms with E-state index in [2.05, 4.69) is 203 Å². The molecule has 0 amide bonds. The number of aromatic nitrogens is 6. The third-order valence-electron chi connectivity index (χ3n) is 18.7. The molecule has 0 aliphatic carbocycles. The average molecular weight is 1400 g/mol. The minimum atomic E-state index is -1.44. The molecule has 0 unspecified atom stereocenters. The molecule has 0 saturated carbocycles. The molecular formula is C90H56BClN6O4S2. The van der Waals surface area contributed by atoms with E-state index in [9.17, 15) is 10.0 Å². The van der Waals surface area contributed by atoms with Crippen LogP contribution in [-0.2, 0) is 0 Å². The van der Waals surface area contributed by atoms with Gasteiger partial charge in [0.15, 0.2) is 29.1 Å². The van der Waals surface area contributed by atoms with Crippen LogP contribution >= 0.6 is 34.3 Å². The van der Waals surface area contributed by atoms with E-state index in [1.165, 1.54) is 57.0 Å². The maximum Gasteiger partial charge on any atom is 0.488 e. The standard InChI is InChI=1S/C45H27N3OS.C27H16ClN3O.C18H13BO2S/c1-3-11-28(12-4-1)30-22-24-39-38(26-30)35-23-21-33(27-40(35)49-39)45-47-43(29-13-5-2-6-14-29)46-44(48-45)32-16-9-15-31(25-32)34-18-10-19-37-36-17-7-8-20-41(36)50-42(34)37;28-27-30-25(18-9-5-2-6-10-18)29-26(31-27)20-11-13-21-22-15-19(17-7-3-1-4-8-17)12-14-23(22)32-24(21)16-20;20-19(21)13-6-3-5-12(11-13)14-8-4-9-16-15-7-1-2-10-17(15)22-18(14)16/h1-27H;1-16H;1-11,20-21H. The second kappa shape index (κ2) is 27.4. The van der Waals surface area contributed by atoms with Crippen LogP contribution in [0.2, 0.25) is 5.28 Å². The molecule has 14 aromatic carbocycles. The number of fused-ring (bicyclic) bond motifs is 12. The summed E-state index contributed by atoms with van der Waals surface area (Å²) in [4.78, 5) is 28.4. The Kier molecular flexibility index (Phi) is 16.8. The van der Waals surface area contributed by atoms with Crippen molar-refractivity contribution in [3.8, 4) is 101 Å². The van der Waals surface area contributed by atoms with Gasteiger partial charge in [-0.1, -0.05) is 261 Å². The van der Waals surface area contributed by atoms with Crippen LogP contribution in [0.5, 0.6) is 0 Å². The van der Waals surface area contributed by atoms with E-state index in [-0.39, 0.29) is 5.28 Å². The second-order valence-corrected chi connectivity index (χ2v) is 27.7. The lowest BCUT2D eigenvalue weighted by Crippen LogP contribution is -2.29. The Morgan fingerprint density at radius 2 is 0.606 bits per heavy atom. The Balaban J connectivity index is 0.000000122. The van der Waals surface area contributed by atoms with Crippen molar-refractivity contribution in [2.75, 3.05) is 0 Å². The van der Waals surface area contributed by atoms with Crippen molar-refractivity contribution >= 4 is 131 Å². The number of halogens is 1. The quantitative estimate of drug-likeness (QED) is 0.127. The maximum absolute atomic E-state index is 9.38. The van der Waals surface area contributed by atoms with Gasteiger partial charge >= 0.3 is 7.12 Å². The Morgan fingerprint density at radius 3 is 1.09 bits per heavy atom. The minimum absolute atomic E-state index is 0.158. The van der Waals surface area contributed by atoms with Crippen LogP contribution in [0.4, 0.5) is 0 Å². The van der Waals surface area contributed by atoms with E-state index < -0.39 is 7.12 Å². The third-order valence-corrected chi connectivity index (χ3v) is 21.3. The predicted octanol–water partition coefficient (Wildman–Crippen LogP) is 23.3. The lowest BCUT2D eigenvalue weighted by Gasteiger charge is -2.10. The summed E-state index contributed by atoms with van der Waals surface area (Å²) in [5.74, 6) is 2.89. The maximum atomic E-state index is 9.38. The fourth-order valence-electron chi connectivity index (χ4n) is 13.6. The van der Waals surface area contributed by atoms with Crippen molar-refractivity contribution in [3.05, 3.63) is 333 Å². The molecule has 20 aromatic rings. The summed E-state index contributed by atoms with van der Waals surface area (Å²) in [7, 11) is -1.44. The van der Waals surface area contributed by atoms with Crippen LogP contribution in [0, 0.1) is 0 Å². The molecule has 0 atom stereocenters. The van der Waals surface area contributed by atoms with Gasteiger partial charge < -0.3 is 18.9 Å². The van der Waals surface area contributed by atoms with E-state index in [0.29, 0.717) is 34.6 Å². The molecule has 10 nitrogen and oxygen atoms in total. The summed E-state index contributed by atoms with van der Waals surface area (Å²) < 4.78 is 17.6. The first-order valence-electron chi connectivity index (χ1n) is 33.9. The fraction of sp³-hybridized carbons (Fsp3) is 0. The monoisotopic (exact) mass is 1390 g/mol. The number of benzene rings is 14. The Labute approximate surface area is 609 Å². The largest absolute Gasteiger partial charge is 0.488 e. The molecule has 0 saturated heterocycles. The molecule has 6 heterocycles. The van der Waals surface area contributed by atoms with Crippen LogP contribution < -0.4 is 5.46 Å². The zero-order valence-corrected chi connectivity index (χ0v) is 57.7. The van der Waals surface area contributed by atoms with Gasteiger partial charge in [-0.05, 0) is 128 Å². The Morgan fingerprint density at radius 1 is 0.250 bits per heavy atom. The second-order valence-electron chi connectivity index (χ2n) is 25.2. The van der Waals surface area contributed by atoms with Crippen LogP contribution in [0.25, 0.3) is 186 Å². The Bertz CT molecular complexity index is 6630. The zero-order valence-electron chi connectivity index (χ0n) is 55.3. The number of furan rings is 2. The molecule has 492 valence electrons. The number of hydrogen-bond donors (Lipinski definition) is 2. The van der Waals surface area contributed by atoms with Crippen molar-refractivity contribution in [2.24, 2.45) is 0 Å². The van der Waals surface area contributed by atoms with E-state index >= 15 is 0 Å². The first kappa shape index (κ1) is 63.6. The first-order chi connectivity index (χ1) is 51.2. The van der Waals surface area contributed by atoms with E-state index in [1.807, 2.05) is 145 Å². The van der Waals surface area contributed by atoms with Crippen molar-refractivity contribution in [3.63, 3.8) is 0 Å². The fourth-order valence-corrected chi connectivity index (χ4v) is 16.3. The van der Waals surface area contributed by atoms with Crippen molar-refractivity contribution in [2.45, 2.75) is 0 Å². The van der Waals surface area contributed by atoms with Gasteiger partial charge in [-0.2, -0.15) is 9.97 Å². The smallest absolute Gasteiger partial charge is 0.456 e. The summed E-state index contributed by atoms with van der Waals surface area (Å²) >= 11 is 9.83. The zero-order chi connectivity index (χ0) is 69.6. The van der Waals surface area contributed by atoms with Gasteiger partial charge in [0.05, 0.1) is 0 Å². The lowest BCUT2D eigenvalue weighted by atomic mass is 9.79. The van der Waals surface area contributed by atoms with E-state index in [1.54, 1.807) is 17.4 Å². The molecule has 0 aliphatic heterocycles. The number of hydrogen-bond acceptors (Lipinski definition) is 12. The molecule has 0 radical (unpaired) electrons. The van der Waals surface area contributed by atoms with Crippen LogP contribution in [0.1, 0.15) is 0 Å². The normalized spacial score (nSPS) is 11.4. The molecule has 20 rings (SSSR count). The first-order valence-corrected chi connectivity index (χ1v) is 36.0. The van der Waals surface area contributed by atoms with Crippen molar-refractivity contribution in [1.82, 2.24) is 29.9 Å². The summed E-state index contributed by atoms with van der Waals surface area (Å²) in [6.07, 6.45) is 0. The molecule has 0 fully saturated rings.